The van der Waals surface area contributed by atoms with E-state index in [2.05, 4.69) is 64.3 Å². The molecule has 0 unspecified atom stereocenters. The third-order valence-electron chi connectivity index (χ3n) is 2.61. The average Bonchev–Trinajstić information content (AvgIpc) is 2.38. The Morgan fingerprint density at radius 1 is 1.11 bits per heavy atom. The molecule has 19 heavy (non-hydrogen) atoms. The molecular formula is C16H18INO. The van der Waals surface area contributed by atoms with Crippen LogP contribution in [-0.4, -0.2) is 6.10 Å². The van der Waals surface area contributed by atoms with E-state index in [9.17, 15) is 0 Å². The minimum atomic E-state index is 0.208. The lowest BCUT2D eigenvalue weighted by Crippen LogP contribution is -2.06. The molecular weight excluding hydrogens is 349 g/mol. The molecule has 2 rings (SSSR count). The molecule has 2 aromatic carbocycles. The Labute approximate surface area is 128 Å². The molecule has 0 aromatic heterocycles. The van der Waals surface area contributed by atoms with Crippen molar-refractivity contribution in [3.05, 3.63) is 57.7 Å². The topological polar surface area (TPSA) is 21.3 Å². The van der Waals surface area contributed by atoms with Gasteiger partial charge in [0.05, 0.1) is 6.10 Å². The molecule has 3 heteroatoms. The summed E-state index contributed by atoms with van der Waals surface area (Å²) in [5, 5.41) is 3.41. The quantitative estimate of drug-likeness (QED) is 0.775. The highest BCUT2D eigenvalue weighted by molar-refractivity contribution is 14.1. The van der Waals surface area contributed by atoms with Crippen molar-refractivity contribution in [3.63, 3.8) is 0 Å². The first-order valence-corrected chi connectivity index (χ1v) is 7.46. The summed E-state index contributed by atoms with van der Waals surface area (Å²) in [7, 11) is 0. The molecule has 0 saturated carbocycles. The van der Waals surface area contributed by atoms with Gasteiger partial charge in [-0.05, 0) is 78.4 Å². The first-order valence-electron chi connectivity index (χ1n) is 6.38. The smallest absolute Gasteiger partial charge is 0.120 e. The van der Waals surface area contributed by atoms with Crippen molar-refractivity contribution >= 4 is 28.3 Å². The van der Waals surface area contributed by atoms with Gasteiger partial charge in [0.25, 0.3) is 0 Å². The normalized spacial score (nSPS) is 10.5. The fourth-order valence-electron chi connectivity index (χ4n) is 1.77. The van der Waals surface area contributed by atoms with E-state index in [0.717, 1.165) is 18.0 Å². The molecule has 2 nitrogen and oxygen atoms in total. The number of nitrogens with one attached hydrogen (secondary N) is 1. The van der Waals surface area contributed by atoms with Gasteiger partial charge < -0.3 is 10.1 Å². The number of benzene rings is 2. The maximum Gasteiger partial charge on any atom is 0.120 e. The van der Waals surface area contributed by atoms with E-state index in [1.54, 1.807) is 0 Å². The molecule has 0 bridgehead atoms. The van der Waals surface area contributed by atoms with Crippen LogP contribution in [0.3, 0.4) is 0 Å². The lowest BCUT2D eigenvalue weighted by atomic mass is 10.2. The highest BCUT2D eigenvalue weighted by Gasteiger charge is 2.00. The number of hydrogen-bond acceptors (Lipinski definition) is 2. The summed E-state index contributed by atoms with van der Waals surface area (Å²) in [5.41, 5.74) is 2.35. The molecule has 0 saturated heterocycles. The highest BCUT2D eigenvalue weighted by Crippen LogP contribution is 2.17. The second-order valence-electron chi connectivity index (χ2n) is 4.67. The average molecular weight is 367 g/mol. The summed E-state index contributed by atoms with van der Waals surface area (Å²) in [5.74, 6) is 0.928. The fourth-order valence-corrected chi connectivity index (χ4v) is 2.13. The SMILES string of the molecule is CC(C)Oc1cccc(CNc2ccc(I)cc2)c1. The van der Waals surface area contributed by atoms with E-state index in [0.29, 0.717) is 0 Å². The zero-order valence-electron chi connectivity index (χ0n) is 11.2. The van der Waals surface area contributed by atoms with Gasteiger partial charge >= 0.3 is 0 Å². The van der Waals surface area contributed by atoms with Crippen molar-refractivity contribution in [2.75, 3.05) is 5.32 Å². The van der Waals surface area contributed by atoms with Crippen molar-refractivity contribution in [1.29, 1.82) is 0 Å². The van der Waals surface area contributed by atoms with Gasteiger partial charge in [0.15, 0.2) is 0 Å². The van der Waals surface area contributed by atoms with Crippen molar-refractivity contribution < 1.29 is 4.74 Å². The van der Waals surface area contributed by atoms with Crippen molar-refractivity contribution in [2.45, 2.75) is 26.5 Å². The molecule has 0 amide bonds. The Bertz CT molecular complexity index is 523. The monoisotopic (exact) mass is 367 g/mol. The molecule has 2 aromatic rings. The molecule has 1 N–H and O–H groups in total. The van der Waals surface area contributed by atoms with Crippen LogP contribution in [0.4, 0.5) is 5.69 Å². The van der Waals surface area contributed by atoms with Crippen LogP contribution >= 0.6 is 22.6 Å². The Morgan fingerprint density at radius 3 is 2.53 bits per heavy atom. The third kappa shape index (κ3) is 4.74. The van der Waals surface area contributed by atoms with Gasteiger partial charge in [0.2, 0.25) is 0 Å². The van der Waals surface area contributed by atoms with Gasteiger partial charge in [0.1, 0.15) is 5.75 Å². The van der Waals surface area contributed by atoms with E-state index in [1.807, 2.05) is 26.0 Å². The summed E-state index contributed by atoms with van der Waals surface area (Å²) in [6, 6.07) is 16.6. The Balaban J connectivity index is 1.97. The second-order valence-corrected chi connectivity index (χ2v) is 5.92. The number of halogens is 1. The lowest BCUT2D eigenvalue weighted by Gasteiger charge is -2.11. The van der Waals surface area contributed by atoms with Crippen LogP contribution < -0.4 is 10.1 Å². The van der Waals surface area contributed by atoms with Crippen LogP contribution in [0.25, 0.3) is 0 Å². The van der Waals surface area contributed by atoms with Crippen LogP contribution in [0.2, 0.25) is 0 Å². The van der Waals surface area contributed by atoms with Gasteiger partial charge in [-0.3, -0.25) is 0 Å². The predicted molar refractivity (Wildman–Crippen MR) is 88.7 cm³/mol. The van der Waals surface area contributed by atoms with Crippen LogP contribution in [0.15, 0.2) is 48.5 Å². The molecule has 0 radical (unpaired) electrons. The Hall–Kier alpha value is -1.23. The van der Waals surface area contributed by atoms with E-state index in [1.165, 1.54) is 9.13 Å². The predicted octanol–water partition coefficient (Wildman–Crippen LogP) is 4.69. The largest absolute Gasteiger partial charge is 0.491 e. The van der Waals surface area contributed by atoms with Crippen LogP contribution in [0.5, 0.6) is 5.75 Å². The van der Waals surface area contributed by atoms with E-state index < -0.39 is 0 Å². The summed E-state index contributed by atoms with van der Waals surface area (Å²) in [6.45, 7) is 4.88. The standard InChI is InChI=1S/C16H18INO/c1-12(2)19-16-5-3-4-13(10-16)11-18-15-8-6-14(17)7-9-15/h3-10,12,18H,11H2,1-2H3. The van der Waals surface area contributed by atoms with Gasteiger partial charge in [0, 0.05) is 15.8 Å². The summed E-state index contributed by atoms with van der Waals surface area (Å²) >= 11 is 2.31. The molecule has 0 aliphatic rings. The fraction of sp³-hybridized carbons (Fsp3) is 0.250. The molecule has 0 spiro atoms. The van der Waals surface area contributed by atoms with Gasteiger partial charge in [-0.1, -0.05) is 12.1 Å². The summed E-state index contributed by atoms with van der Waals surface area (Å²) in [6.07, 6.45) is 0.208. The first-order chi connectivity index (χ1) is 9.13. The summed E-state index contributed by atoms with van der Waals surface area (Å²) in [4.78, 5) is 0. The number of anilines is 1. The highest BCUT2D eigenvalue weighted by atomic mass is 127. The lowest BCUT2D eigenvalue weighted by molar-refractivity contribution is 0.242. The molecule has 0 atom stereocenters. The van der Waals surface area contributed by atoms with Crippen LogP contribution in [0, 0.1) is 3.57 Å². The van der Waals surface area contributed by atoms with Gasteiger partial charge in [-0.2, -0.15) is 0 Å². The Morgan fingerprint density at radius 2 is 1.84 bits per heavy atom. The zero-order valence-corrected chi connectivity index (χ0v) is 13.3. The van der Waals surface area contributed by atoms with Crippen molar-refractivity contribution in [1.82, 2.24) is 0 Å². The van der Waals surface area contributed by atoms with E-state index >= 15 is 0 Å². The minimum Gasteiger partial charge on any atom is -0.491 e. The third-order valence-corrected chi connectivity index (χ3v) is 3.33. The second kappa shape index (κ2) is 6.80. The molecule has 0 heterocycles. The van der Waals surface area contributed by atoms with E-state index in [4.69, 9.17) is 4.74 Å². The number of rotatable bonds is 5. The maximum absolute atomic E-state index is 5.69. The molecule has 100 valence electrons. The number of hydrogen-bond donors (Lipinski definition) is 1. The molecule has 0 fully saturated rings. The molecule has 0 aliphatic carbocycles. The number of ether oxygens (including phenoxy) is 1. The first kappa shape index (κ1) is 14.2. The van der Waals surface area contributed by atoms with Crippen LogP contribution in [0.1, 0.15) is 19.4 Å². The zero-order chi connectivity index (χ0) is 13.7. The minimum absolute atomic E-state index is 0.208. The van der Waals surface area contributed by atoms with E-state index in [-0.39, 0.29) is 6.10 Å². The summed E-state index contributed by atoms with van der Waals surface area (Å²) < 4.78 is 6.94. The van der Waals surface area contributed by atoms with Crippen molar-refractivity contribution in [3.8, 4) is 5.75 Å². The van der Waals surface area contributed by atoms with Gasteiger partial charge in [-0.25, -0.2) is 0 Å². The Kier molecular flexibility index (Phi) is 5.07. The van der Waals surface area contributed by atoms with Gasteiger partial charge in [-0.15, -0.1) is 0 Å². The molecule has 0 aliphatic heterocycles. The maximum atomic E-state index is 5.69. The van der Waals surface area contributed by atoms with Crippen molar-refractivity contribution in [2.24, 2.45) is 0 Å². The van der Waals surface area contributed by atoms with Crippen LogP contribution in [-0.2, 0) is 6.54 Å².